The smallest absolute Gasteiger partial charge is 0.326 e. The van der Waals surface area contributed by atoms with Gasteiger partial charge in [0, 0.05) is 27.1 Å². The minimum atomic E-state index is -3.45. The van der Waals surface area contributed by atoms with Gasteiger partial charge in [-0.05, 0) is 6.42 Å². The first-order valence-electron chi connectivity index (χ1n) is 6.02. The number of carbonyl (C=O) groups excluding carboxylic acids is 2. The molecule has 0 radical (unpaired) electrons. The predicted octanol–water partition coefficient (Wildman–Crippen LogP) is -2.10. The number of hydrogen-bond acceptors (Lipinski definition) is 5. The molecule has 0 aliphatic rings. The maximum atomic E-state index is 11.4. The lowest BCUT2D eigenvalue weighted by Crippen LogP contribution is -2.47. The summed E-state index contributed by atoms with van der Waals surface area (Å²) in [6.45, 7) is -0.172. The number of aliphatic carboxylic acids is 1. The molecule has 11 heteroatoms. The number of carboxylic acid groups (broad SMARTS) is 1. The van der Waals surface area contributed by atoms with Gasteiger partial charge in [-0.25, -0.2) is 22.3 Å². The normalized spacial score (nSPS) is 12.7. The van der Waals surface area contributed by atoms with E-state index in [1.807, 2.05) is 0 Å². The lowest BCUT2D eigenvalue weighted by atomic mass is 10.1. The van der Waals surface area contributed by atoms with Crippen LogP contribution in [0.4, 0.5) is 4.79 Å². The second-order valence-corrected chi connectivity index (χ2v) is 6.70. The van der Waals surface area contributed by atoms with Crippen LogP contribution < -0.4 is 16.4 Å². The van der Waals surface area contributed by atoms with Crippen molar-refractivity contribution in [3.8, 4) is 0 Å². The number of amides is 3. The van der Waals surface area contributed by atoms with Crippen LogP contribution in [0.3, 0.4) is 0 Å². The van der Waals surface area contributed by atoms with Crippen LogP contribution in [0.2, 0.25) is 0 Å². The summed E-state index contributed by atoms with van der Waals surface area (Å²) in [4.78, 5) is 32.9. The molecule has 5 N–H and O–H groups in total. The van der Waals surface area contributed by atoms with Gasteiger partial charge in [0.25, 0.3) is 0 Å². The molecule has 122 valence electrons. The number of hydrogen-bond donors (Lipinski definition) is 4. The number of sulfonamides is 1. The van der Waals surface area contributed by atoms with Crippen LogP contribution in [0.25, 0.3) is 0 Å². The molecule has 0 unspecified atom stereocenters. The fourth-order valence-corrected chi connectivity index (χ4v) is 1.95. The third-order valence-electron chi connectivity index (χ3n) is 2.48. The van der Waals surface area contributed by atoms with Gasteiger partial charge in [0.1, 0.15) is 6.04 Å². The van der Waals surface area contributed by atoms with Crippen molar-refractivity contribution >= 4 is 27.9 Å². The summed E-state index contributed by atoms with van der Waals surface area (Å²) >= 11 is 0. The Labute approximate surface area is 122 Å². The summed E-state index contributed by atoms with van der Waals surface area (Å²) in [5, 5.41) is 13.2. The van der Waals surface area contributed by atoms with Gasteiger partial charge in [0.05, 0.1) is 5.75 Å². The number of nitrogens with zero attached hydrogens (tertiary/aromatic N) is 1. The quantitative estimate of drug-likeness (QED) is 0.380. The fraction of sp³-hybridized carbons (Fsp3) is 0.700. The van der Waals surface area contributed by atoms with Gasteiger partial charge in [-0.2, -0.15) is 0 Å². The molecule has 0 aliphatic heterocycles. The second-order valence-electron chi connectivity index (χ2n) is 4.39. The number of urea groups is 1. The molecule has 10 nitrogen and oxygen atoms in total. The molecule has 0 heterocycles. The van der Waals surface area contributed by atoms with E-state index in [9.17, 15) is 22.8 Å². The highest BCUT2D eigenvalue weighted by atomic mass is 32.2. The van der Waals surface area contributed by atoms with Crippen LogP contribution in [0.5, 0.6) is 0 Å². The molecule has 0 aromatic heterocycles. The zero-order valence-electron chi connectivity index (χ0n) is 11.8. The van der Waals surface area contributed by atoms with Crippen LogP contribution in [-0.4, -0.2) is 68.2 Å². The Morgan fingerprint density at radius 2 is 1.86 bits per heavy atom. The molecule has 0 saturated carbocycles. The molecular formula is C10H20N4O6S. The molecule has 1 atom stereocenters. The van der Waals surface area contributed by atoms with Crippen LogP contribution in [0, 0.1) is 0 Å². The van der Waals surface area contributed by atoms with Gasteiger partial charge < -0.3 is 21.5 Å². The van der Waals surface area contributed by atoms with E-state index in [4.69, 9.17) is 10.8 Å². The number of carboxylic acids is 1. The first kappa shape index (κ1) is 19.1. The van der Waals surface area contributed by atoms with E-state index in [2.05, 4.69) is 10.6 Å². The molecule has 0 bridgehead atoms. The fourth-order valence-electron chi connectivity index (χ4n) is 1.23. The predicted molar refractivity (Wildman–Crippen MR) is 73.9 cm³/mol. The van der Waals surface area contributed by atoms with Gasteiger partial charge in [-0.3, -0.25) is 4.79 Å². The van der Waals surface area contributed by atoms with Crippen molar-refractivity contribution in [3.05, 3.63) is 0 Å². The summed E-state index contributed by atoms with van der Waals surface area (Å²) in [5.41, 5.74) is 4.90. The average molecular weight is 324 g/mol. The zero-order valence-corrected chi connectivity index (χ0v) is 12.6. The van der Waals surface area contributed by atoms with Crippen LogP contribution in [-0.2, 0) is 19.6 Å². The molecule has 0 fully saturated rings. The number of primary amides is 1. The van der Waals surface area contributed by atoms with Crippen molar-refractivity contribution in [1.29, 1.82) is 0 Å². The summed E-state index contributed by atoms with van der Waals surface area (Å²) in [5.74, 6) is -2.31. The first-order valence-corrected chi connectivity index (χ1v) is 7.63. The van der Waals surface area contributed by atoms with Crippen molar-refractivity contribution in [3.63, 3.8) is 0 Å². The van der Waals surface area contributed by atoms with E-state index < -0.39 is 34.0 Å². The Bertz CT molecular complexity index is 490. The number of nitrogens with two attached hydrogens (primary N) is 1. The Morgan fingerprint density at radius 3 is 2.29 bits per heavy atom. The lowest BCUT2D eigenvalue weighted by molar-refractivity contribution is -0.139. The van der Waals surface area contributed by atoms with Crippen molar-refractivity contribution in [2.24, 2.45) is 5.73 Å². The molecule has 0 aromatic carbocycles. The van der Waals surface area contributed by atoms with Crippen molar-refractivity contribution < 1.29 is 27.9 Å². The first-order chi connectivity index (χ1) is 9.56. The molecular weight excluding hydrogens is 304 g/mol. The third-order valence-corrected chi connectivity index (χ3v) is 4.32. The molecule has 3 amide bonds. The lowest BCUT2D eigenvalue weighted by Gasteiger charge is -2.15. The van der Waals surface area contributed by atoms with E-state index >= 15 is 0 Å². The van der Waals surface area contributed by atoms with E-state index in [1.54, 1.807) is 0 Å². The standard InChI is InChI=1S/C10H20N4O6S/c1-14(2)21(19,20)6-5-12-10(18)13-7(9(16)17)3-4-8(11)15/h7H,3-6H2,1-2H3,(H2,11,15)(H,16,17)(H2,12,13,18)/t7-/m0/s1. The maximum Gasteiger partial charge on any atom is 0.326 e. The third kappa shape index (κ3) is 8.09. The number of nitrogens with one attached hydrogen (secondary N) is 2. The highest BCUT2D eigenvalue weighted by Gasteiger charge is 2.21. The molecule has 21 heavy (non-hydrogen) atoms. The Hall–Kier alpha value is -1.88. The minimum absolute atomic E-state index is 0.145. The van der Waals surface area contributed by atoms with Crippen molar-refractivity contribution in [2.45, 2.75) is 18.9 Å². The average Bonchev–Trinajstić information content (AvgIpc) is 2.33. The summed E-state index contributed by atoms with van der Waals surface area (Å²) in [6, 6.07) is -2.11. The molecule has 0 spiro atoms. The SMILES string of the molecule is CN(C)S(=O)(=O)CCNC(=O)N[C@@H](CCC(N)=O)C(=O)O. The maximum absolute atomic E-state index is 11.4. The molecule has 0 saturated heterocycles. The zero-order chi connectivity index (χ0) is 16.6. The summed E-state index contributed by atoms with van der Waals surface area (Å²) < 4.78 is 23.9. The van der Waals surface area contributed by atoms with Gasteiger partial charge in [0.2, 0.25) is 15.9 Å². The second kappa shape index (κ2) is 8.42. The van der Waals surface area contributed by atoms with Crippen LogP contribution in [0.15, 0.2) is 0 Å². The summed E-state index contributed by atoms with van der Waals surface area (Å²) in [6.07, 6.45) is -0.333. The van der Waals surface area contributed by atoms with E-state index in [0.717, 1.165) is 4.31 Å². The molecule has 0 aliphatic carbocycles. The highest BCUT2D eigenvalue weighted by molar-refractivity contribution is 7.89. The van der Waals surface area contributed by atoms with Crippen LogP contribution >= 0.6 is 0 Å². The van der Waals surface area contributed by atoms with Crippen molar-refractivity contribution in [1.82, 2.24) is 14.9 Å². The van der Waals surface area contributed by atoms with E-state index in [-0.39, 0.29) is 25.1 Å². The topological polar surface area (TPSA) is 159 Å². The molecule has 0 aromatic rings. The van der Waals surface area contributed by atoms with Gasteiger partial charge in [-0.15, -0.1) is 0 Å². The van der Waals surface area contributed by atoms with Gasteiger partial charge >= 0.3 is 12.0 Å². The Morgan fingerprint density at radius 1 is 1.29 bits per heavy atom. The monoisotopic (exact) mass is 324 g/mol. The van der Waals surface area contributed by atoms with E-state index in [1.165, 1.54) is 14.1 Å². The molecule has 0 rings (SSSR count). The van der Waals surface area contributed by atoms with Crippen LogP contribution in [0.1, 0.15) is 12.8 Å². The number of carbonyl (C=O) groups is 3. The van der Waals surface area contributed by atoms with E-state index in [0.29, 0.717) is 0 Å². The highest BCUT2D eigenvalue weighted by Crippen LogP contribution is 1.97. The largest absolute Gasteiger partial charge is 0.480 e. The van der Waals surface area contributed by atoms with Gasteiger partial charge in [0.15, 0.2) is 0 Å². The number of rotatable bonds is 9. The van der Waals surface area contributed by atoms with Gasteiger partial charge in [-0.1, -0.05) is 0 Å². The Kier molecular flexibility index (Phi) is 7.66. The Balaban J connectivity index is 4.27. The van der Waals surface area contributed by atoms with Crippen molar-refractivity contribution in [2.75, 3.05) is 26.4 Å². The minimum Gasteiger partial charge on any atom is -0.480 e. The summed E-state index contributed by atoms with van der Waals surface area (Å²) in [7, 11) is -0.725.